The summed E-state index contributed by atoms with van der Waals surface area (Å²) < 4.78 is 61.9. The molecule has 0 spiro atoms. The third-order valence-electron chi connectivity index (χ3n) is 6.36. The van der Waals surface area contributed by atoms with E-state index in [-0.39, 0.29) is 23.3 Å². The zero-order valence-electron chi connectivity index (χ0n) is 19.4. The smallest absolute Gasteiger partial charge is 0.387 e. The van der Waals surface area contributed by atoms with E-state index in [0.717, 1.165) is 12.0 Å². The predicted molar refractivity (Wildman–Crippen MR) is 132 cm³/mol. The van der Waals surface area contributed by atoms with Crippen LogP contribution in [0.2, 0.25) is 0 Å². The number of hydrazone groups is 1. The molecule has 1 aromatic heterocycles. The lowest BCUT2D eigenvalue weighted by Gasteiger charge is -2.30. The van der Waals surface area contributed by atoms with Crippen molar-refractivity contribution in [3.8, 4) is 11.5 Å². The van der Waals surface area contributed by atoms with Gasteiger partial charge in [0.2, 0.25) is 0 Å². The van der Waals surface area contributed by atoms with Gasteiger partial charge in [-0.1, -0.05) is 42.5 Å². The van der Waals surface area contributed by atoms with Crippen LogP contribution in [0.25, 0.3) is 6.08 Å². The largest absolute Gasteiger partial charge is 0.434 e. The average molecular weight is 531 g/mol. The predicted octanol–water partition coefficient (Wildman–Crippen LogP) is 7.39. The molecule has 1 aliphatic heterocycles. The van der Waals surface area contributed by atoms with Crippen LogP contribution in [0.5, 0.6) is 11.5 Å². The minimum absolute atomic E-state index is 0.0188. The van der Waals surface area contributed by atoms with Gasteiger partial charge in [-0.3, -0.25) is 4.79 Å². The van der Waals surface area contributed by atoms with Crippen molar-refractivity contribution in [1.82, 2.24) is 5.01 Å². The van der Waals surface area contributed by atoms with E-state index < -0.39 is 19.3 Å². The lowest BCUT2D eigenvalue weighted by Crippen LogP contribution is -2.32. The number of thiophene rings is 1. The second kappa shape index (κ2) is 10.8. The first-order valence-corrected chi connectivity index (χ1v) is 12.5. The second-order valence-electron chi connectivity index (χ2n) is 8.56. The molecule has 1 saturated carbocycles. The van der Waals surface area contributed by atoms with Crippen LogP contribution in [-0.2, 0) is 0 Å². The Labute approximate surface area is 214 Å². The van der Waals surface area contributed by atoms with Gasteiger partial charge in [0, 0.05) is 17.0 Å². The molecular formula is C27H22F4N2O3S. The van der Waals surface area contributed by atoms with Crippen LogP contribution in [0.3, 0.4) is 0 Å². The molecule has 10 heteroatoms. The number of allylic oxidation sites excluding steroid dienone is 1. The summed E-state index contributed by atoms with van der Waals surface area (Å²) in [6.07, 6.45) is 3.76. The molecule has 1 aliphatic carbocycles. The number of fused-ring (bicyclic) bond motifs is 1. The molecule has 0 bridgehead atoms. The van der Waals surface area contributed by atoms with Crippen LogP contribution in [0, 0.1) is 5.92 Å². The number of amides is 1. The van der Waals surface area contributed by atoms with Crippen LogP contribution in [-0.4, -0.2) is 29.9 Å². The summed E-state index contributed by atoms with van der Waals surface area (Å²) in [6.45, 7) is -6.00. The molecule has 192 valence electrons. The monoisotopic (exact) mass is 530 g/mol. The van der Waals surface area contributed by atoms with E-state index >= 15 is 0 Å². The van der Waals surface area contributed by atoms with Crippen molar-refractivity contribution in [2.75, 3.05) is 0 Å². The summed E-state index contributed by atoms with van der Waals surface area (Å²) in [6, 6.07) is 15.6. The Morgan fingerprint density at radius 3 is 2.41 bits per heavy atom. The Morgan fingerprint density at radius 2 is 1.68 bits per heavy atom. The number of halogens is 4. The van der Waals surface area contributed by atoms with Gasteiger partial charge in [0.1, 0.15) is 11.5 Å². The molecule has 2 heterocycles. The normalized spacial score (nSPS) is 20.3. The molecule has 5 nitrogen and oxygen atoms in total. The summed E-state index contributed by atoms with van der Waals surface area (Å²) in [5, 5.41) is 7.84. The first-order valence-electron chi connectivity index (χ1n) is 11.7. The first kappa shape index (κ1) is 25.0. The number of nitrogens with zero attached hydrogens (tertiary/aromatic N) is 2. The molecule has 2 aliphatic rings. The second-order valence-corrected chi connectivity index (χ2v) is 9.51. The Morgan fingerprint density at radius 1 is 0.973 bits per heavy atom. The molecule has 1 amide bonds. The average Bonchev–Trinajstić information content (AvgIpc) is 3.54. The molecule has 0 unspecified atom stereocenters. The fourth-order valence-electron chi connectivity index (χ4n) is 4.91. The number of hydrogen-bond donors (Lipinski definition) is 0. The van der Waals surface area contributed by atoms with Crippen LogP contribution in [0.15, 0.2) is 76.7 Å². The van der Waals surface area contributed by atoms with Crippen molar-refractivity contribution in [3.05, 3.63) is 87.6 Å². The Bertz CT molecular complexity index is 1330. The van der Waals surface area contributed by atoms with E-state index in [4.69, 9.17) is 9.84 Å². The Hall–Kier alpha value is -3.66. The van der Waals surface area contributed by atoms with Gasteiger partial charge in [0.05, 0.1) is 16.6 Å². The van der Waals surface area contributed by atoms with E-state index in [9.17, 15) is 22.4 Å². The highest BCUT2D eigenvalue weighted by molar-refractivity contribution is 7.12. The number of carbonyl (C=O) groups excluding carboxylic acids is 1. The van der Waals surface area contributed by atoms with E-state index in [2.05, 4.69) is 4.74 Å². The minimum atomic E-state index is -3.03. The molecular weight excluding hydrogens is 508 g/mol. The Balaban J connectivity index is 1.59. The first-order chi connectivity index (χ1) is 17.9. The summed E-state index contributed by atoms with van der Waals surface area (Å²) in [7, 11) is 0. The lowest BCUT2D eigenvalue weighted by atomic mass is 9.77. The fourth-order valence-corrected chi connectivity index (χ4v) is 5.56. The standard InChI is InChI=1S/C27H22F4N2O3S/c28-26(29)35-20-11-3-1-7-16(20)15-17-8-5-10-19-23(17)32-33(25(34)22-13-6-14-37-22)24(19)18-9-2-4-12-21(18)36-27(30)31/h1-4,6-7,9,11-15,19,24,26-27H,5,8,10H2/b17-15+/t19-,24+/m1/s1. The van der Waals surface area contributed by atoms with Crippen molar-refractivity contribution in [2.45, 2.75) is 38.5 Å². The fraction of sp³-hybridized carbons (Fsp3) is 0.259. The maximum absolute atomic E-state index is 13.5. The van der Waals surface area contributed by atoms with E-state index in [0.29, 0.717) is 34.6 Å². The van der Waals surface area contributed by atoms with E-state index in [1.807, 2.05) is 0 Å². The summed E-state index contributed by atoms with van der Waals surface area (Å²) in [5.41, 5.74) is 2.29. The molecule has 1 fully saturated rings. The van der Waals surface area contributed by atoms with Crippen LogP contribution in [0.1, 0.15) is 46.1 Å². The topological polar surface area (TPSA) is 51.1 Å². The molecule has 5 rings (SSSR count). The zero-order valence-corrected chi connectivity index (χ0v) is 20.2. The van der Waals surface area contributed by atoms with Gasteiger partial charge < -0.3 is 9.47 Å². The number of ether oxygens (including phenoxy) is 2. The number of rotatable bonds is 7. The highest BCUT2D eigenvalue weighted by Crippen LogP contribution is 2.47. The maximum Gasteiger partial charge on any atom is 0.387 e. The summed E-state index contributed by atoms with van der Waals surface area (Å²) in [4.78, 5) is 14.0. The molecule has 37 heavy (non-hydrogen) atoms. The third kappa shape index (κ3) is 5.24. The van der Waals surface area contributed by atoms with Gasteiger partial charge in [-0.2, -0.15) is 22.7 Å². The van der Waals surface area contributed by atoms with Gasteiger partial charge in [-0.15, -0.1) is 11.3 Å². The van der Waals surface area contributed by atoms with Gasteiger partial charge in [-0.25, -0.2) is 5.01 Å². The summed E-state index contributed by atoms with van der Waals surface area (Å²) in [5.74, 6) is -0.636. The van der Waals surface area contributed by atoms with E-state index in [1.165, 1.54) is 28.5 Å². The number of para-hydroxylation sites is 2. The SMILES string of the molecule is O=C(c1cccs1)N1N=C2/C(=C/c3ccccc3OC(F)F)CCC[C@H]2[C@@H]1c1ccccc1OC(F)F. The van der Waals surface area contributed by atoms with Crippen molar-refractivity contribution >= 4 is 29.0 Å². The minimum Gasteiger partial charge on any atom is -0.434 e. The van der Waals surface area contributed by atoms with Crippen LogP contribution in [0.4, 0.5) is 17.6 Å². The number of alkyl halides is 4. The van der Waals surface area contributed by atoms with Gasteiger partial charge in [0.15, 0.2) is 0 Å². The Kier molecular flexibility index (Phi) is 7.27. The highest BCUT2D eigenvalue weighted by Gasteiger charge is 2.45. The molecule has 3 aromatic rings. The maximum atomic E-state index is 13.5. The quantitative estimate of drug-likeness (QED) is 0.299. The van der Waals surface area contributed by atoms with Crippen LogP contribution >= 0.6 is 11.3 Å². The van der Waals surface area contributed by atoms with Crippen molar-refractivity contribution in [3.63, 3.8) is 0 Å². The van der Waals surface area contributed by atoms with Gasteiger partial charge in [0.25, 0.3) is 5.91 Å². The third-order valence-corrected chi connectivity index (χ3v) is 7.22. The number of hydrogen-bond acceptors (Lipinski definition) is 5. The number of benzene rings is 2. The number of carbonyl (C=O) groups is 1. The van der Waals surface area contributed by atoms with Gasteiger partial charge >= 0.3 is 13.2 Å². The van der Waals surface area contributed by atoms with E-state index in [1.54, 1.807) is 60.0 Å². The molecule has 0 radical (unpaired) electrons. The van der Waals surface area contributed by atoms with Crippen molar-refractivity contribution < 1.29 is 31.8 Å². The van der Waals surface area contributed by atoms with Crippen LogP contribution < -0.4 is 9.47 Å². The molecule has 2 aromatic carbocycles. The molecule has 2 atom stereocenters. The molecule has 0 N–H and O–H groups in total. The lowest BCUT2D eigenvalue weighted by molar-refractivity contribution is -0.0514. The summed E-state index contributed by atoms with van der Waals surface area (Å²) >= 11 is 1.26. The highest BCUT2D eigenvalue weighted by atomic mass is 32.1. The molecule has 0 saturated heterocycles. The zero-order chi connectivity index (χ0) is 25.9. The van der Waals surface area contributed by atoms with Gasteiger partial charge in [-0.05, 0) is 54.5 Å². The van der Waals surface area contributed by atoms with Crippen molar-refractivity contribution in [2.24, 2.45) is 11.0 Å². The van der Waals surface area contributed by atoms with Crippen molar-refractivity contribution in [1.29, 1.82) is 0 Å².